The average molecular weight is 759 g/mol. The Morgan fingerprint density at radius 1 is 1.15 bits per heavy atom. The molecule has 2 aliphatic rings. The van der Waals surface area contributed by atoms with E-state index in [-0.39, 0.29) is 62.3 Å². The van der Waals surface area contributed by atoms with Crippen molar-refractivity contribution in [1.82, 2.24) is 9.80 Å². The number of benzene rings is 1. The van der Waals surface area contributed by atoms with Crippen LogP contribution in [0.5, 0.6) is 0 Å². The third kappa shape index (κ3) is 9.25. The van der Waals surface area contributed by atoms with E-state index in [9.17, 15) is 5.26 Å². The Morgan fingerprint density at radius 3 is 2.40 bits per heavy atom. The number of halogens is 5. The molecule has 53 heavy (non-hydrogen) atoms. The highest BCUT2D eigenvalue weighted by Gasteiger charge is 2.43. The minimum Gasteiger partial charge on any atom is -0.476 e. The van der Waals surface area contributed by atoms with Crippen molar-refractivity contribution in [2.45, 2.75) is 118 Å². The lowest BCUT2D eigenvalue weighted by molar-refractivity contribution is -0.0872. The molecule has 1 aliphatic carbocycles. The first kappa shape index (κ1) is 42.3. The molecular weight excluding hydrogens is 704 g/mol. The fourth-order valence-corrected chi connectivity index (χ4v) is 8.48. The Bertz CT molecular complexity index is 1840. The average Bonchev–Trinajstić information content (AvgIpc) is 3.71. The minimum absolute atomic E-state index is 0.00842. The first-order chi connectivity index (χ1) is 25.0. The molecule has 4 rings (SSSR count). The van der Waals surface area contributed by atoms with Gasteiger partial charge in [-0.2, -0.15) is 18.4 Å². The standard InChI is InChI=1S/C42H55F5N4OS/c1-11-14-35(52-23-28-15-13-20-50(28)9)49-39-30(27(8)51(10)34(24(3)4)19-16-26(7)12-2)21-32(42(45,46)47)37(38(39)44)29-17-18-33(43)41-36(29)31(22-48)40(53-41)25(5)6/h14,17-18,21,24-26,28,34H,11-13,15-16,19-20,23H2,1-10H3/b30-27+,35-14-,49-39+. The number of thiophene rings is 1. The molecule has 1 aromatic heterocycles. The Kier molecular flexibility index (Phi) is 14.2. The molecule has 11 heteroatoms. The van der Waals surface area contributed by atoms with Crippen LogP contribution in [0, 0.1) is 29.0 Å². The quantitative estimate of drug-likeness (QED) is 0.142. The van der Waals surface area contributed by atoms with Gasteiger partial charge in [0.15, 0.2) is 5.83 Å². The molecule has 290 valence electrons. The zero-order chi connectivity index (χ0) is 39.4. The highest BCUT2D eigenvalue weighted by atomic mass is 32.1. The van der Waals surface area contributed by atoms with Gasteiger partial charge in [0.25, 0.3) is 0 Å². The molecule has 1 fully saturated rings. The van der Waals surface area contributed by atoms with Crippen molar-refractivity contribution in [2.75, 3.05) is 27.2 Å². The number of aliphatic imine (C=N–C) groups is 1. The van der Waals surface area contributed by atoms with Crippen LogP contribution in [0.2, 0.25) is 0 Å². The lowest BCUT2D eigenvalue weighted by atomic mass is 9.84. The summed E-state index contributed by atoms with van der Waals surface area (Å²) >= 11 is 1.01. The van der Waals surface area contributed by atoms with Crippen molar-refractivity contribution in [1.29, 1.82) is 5.26 Å². The number of allylic oxidation sites excluding steroid dienone is 7. The zero-order valence-corrected chi connectivity index (χ0v) is 33.7. The molecule has 0 radical (unpaired) electrons. The Balaban J connectivity index is 2.06. The van der Waals surface area contributed by atoms with Gasteiger partial charge in [0.05, 0.1) is 15.8 Å². The van der Waals surface area contributed by atoms with E-state index >= 15 is 22.0 Å². The second-order valence-corrected chi connectivity index (χ2v) is 16.2. The molecule has 1 aromatic carbocycles. The van der Waals surface area contributed by atoms with E-state index in [1.54, 1.807) is 13.0 Å². The number of fused-ring (bicyclic) bond motifs is 1. The number of hydrogen-bond acceptors (Lipinski definition) is 6. The molecule has 0 saturated carbocycles. The van der Waals surface area contributed by atoms with Gasteiger partial charge in [-0.25, -0.2) is 13.8 Å². The highest BCUT2D eigenvalue weighted by Crippen LogP contribution is 2.49. The second-order valence-electron chi connectivity index (χ2n) is 15.2. The van der Waals surface area contributed by atoms with E-state index in [4.69, 9.17) is 9.73 Å². The predicted octanol–water partition coefficient (Wildman–Crippen LogP) is 12.1. The lowest BCUT2D eigenvalue weighted by Crippen LogP contribution is -2.36. The number of likely N-dealkylation sites (tertiary alicyclic amines) is 1. The van der Waals surface area contributed by atoms with E-state index in [0.29, 0.717) is 29.5 Å². The smallest absolute Gasteiger partial charge is 0.417 e. The molecule has 0 N–H and O–H groups in total. The third-order valence-electron chi connectivity index (χ3n) is 10.8. The summed E-state index contributed by atoms with van der Waals surface area (Å²) in [5.74, 6) is -1.37. The van der Waals surface area contributed by atoms with Gasteiger partial charge < -0.3 is 14.5 Å². The maximum atomic E-state index is 17.6. The summed E-state index contributed by atoms with van der Waals surface area (Å²) in [5, 5.41) is 10.2. The largest absolute Gasteiger partial charge is 0.476 e. The monoisotopic (exact) mass is 758 g/mol. The van der Waals surface area contributed by atoms with Crippen LogP contribution in [0.3, 0.4) is 0 Å². The molecule has 3 atom stereocenters. The first-order valence-corrected chi connectivity index (χ1v) is 19.7. The van der Waals surface area contributed by atoms with Gasteiger partial charge in [-0.1, -0.05) is 61.0 Å². The molecule has 2 heterocycles. The summed E-state index contributed by atoms with van der Waals surface area (Å²) in [5.41, 5.74) is -2.02. The highest BCUT2D eigenvalue weighted by molar-refractivity contribution is 7.19. The van der Waals surface area contributed by atoms with E-state index in [1.165, 1.54) is 0 Å². The minimum atomic E-state index is -5.01. The maximum absolute atomic E-state index is 17.6. The van der Waals surface area contributed by atoms with E-state index in [2.05, 4.69) is 38.7 Å². The number of likely N-dealkylation sites (N-methyl/N-ethyl adjacent to an activating group) is 1. The van der Waals surface area contributed by atoms with Crippen LogP contribution in [0.1, 0.15) is 116 Å². The second kappa shape index (κ2) is 17.8. The SMILES string of the molecule is CC/C=C(/N=C1/C(F)=C(c2ccc(F)c3sc(C(C)C)c(C#N)c23)C(C(F)(F)F)=C/C1=C(/C)N(C)C(CCC(C)CC)C(C)C)OCC1CCCN1C. The Morgan fingerprint density at radius 2 is 1.85 bits per heavy atom. The molecule has 0 spiro atoms. The lowest BCUT2D eigenvalue weighted by Gasteiger charge is -2.36. The van der Waals surface area contributed by atoms with E-state index < -0.39 is 29.0 Å². The normalized spacial score (nSPS) is 20.5. The van der Waals surface area contributed by atoms with Gasteiger partial charge in [-0.05, 0) is 94.2 Å². The molecule has 5 nitrogen and oxygen atoms in total. The first-order valence-electron chi connectivity index (χ1n) is 18.9. The molecule has 0 amide bonds. The summed E-state index contributed by atoms with van der Waals surface area (Å²) in [6.07, 6.45) is 2.85. The molecule has 3 unspecified atom stereocenters. The summed E-state index contributed by atoms with van der Waals surface area (Å²) in [6, 6.07) is 4.37. The van der Waals surface area contributed by atoms with Crippen molar-refractivity contribution in [3.63, 3.8) is 0 Å². The van der Waals surface area contributed by atoms with Crippen LogP contribution in [-0.2, 0) is 4.74 Å². The van der Waals surface area contributed by atoms with Crippen LogP contribution in [0.4, 0.5) is 22.0 Å². The van der Waals surface area contributed by atoms with Crippen molar-refractivity contribution in [3.8, 4) is 6.07 Å². The van der Waals surface area contributed by atoms with Crippen LogP contribution in [-0.4, -0.2) is 61.0 Å². The summed E-state index contributed by atoms with van der Waals surface area (Å²) in [4.78, 5) is 9.36. The topological polar surface area (TPSA) is 51.9 Å². The van der Waals surface area contributed by atoms with Gasteiger partial charge in [0, 0.05) is 46.2 Å². The summed E-state index contributed by atoms with van der Waals surface area (Å²) in [6.45, 7) is 16.9. The van der Waals surface area contributed by atoms with Crippen molar-refractivity contribution >= 4 is 32.7 Å². The molecular formula is C42H55F5N4OS. The molecule has 1 aliphatic heterocycles. The van der Waals surface area contributed by atoms with E-state index in [0.717, 1.165) is 68.2 Å². The van der Waals surface area contributed by atoms with Gasteiger partial charge in [0.1, 0.15) is 24.2 Å². The number of alkyl halides is 3. The van der Waals surface area contributed by atoms with Gasteiger partial charge in [-0.3, -0.25) is 0 Å². The van der Waals surface area contributed by atoms with Gasteiger partial charge in [0.2, 0.25) is 5.88 Å². The maximum Gasteiger partial charge on any atom is 0.417 e. The van der Waals surface area contributed by atoms with Crippen LogP contribution in [0.15, 0.2) is 57.8 Å². The van der Waals surface area contributed by atoms with Gasteiger partial charge >= 0.3 is 6.18 Å². The van der Waals surface area contributed by atoms with Crippen LogP contribution < -0.4 is 0 Å². The number of rotatable bonds is 14. The number of nitriles is 1. The predicted molar refractivity (Wildman–Crippen MR) is 208 cm³/mol. The third-order valence-corrected chi connectivity index (χ3v) is 12.3. The van der Waals surface area contributed by atoms with Crippen LogP contribution >= 0.6 is 11.3 Å². The fourth-order valence-electron chi connectivity index (χ4n) is 7.29. The van der Waals surface area contributed by atoms with Crippen molar-refractivity contribution < 1.29 is 26.7 Å². The van der Waals surface area contributed by atoms with Crippen molar-refractivity contribution in [3.05, 3.63) is 74.7 Å². The van der Waals surface area contributed by atoms with Crippen LogP contribution in [0.25, 0.3) is 15.7 Å². The molecule has 2 aromatic rings. The fraction of sp³-hybridized carbons (Fsp3) is 0.571. The zero-order valence-electron chi connectivity index (χ0n) is 32.8. The molecule has 1 saturated heterocycles. The van der Waals surface area contributed by atoms with Gasteiger partial charge in [-0.15, -0.1) is 11.3 Å². The van der Waals surface area contributed by atoms with Crippen molar-refractivity contribution in [2.24, 2.45) is 16.8 Å². The number of hydrogen-bond donors (Lipinski definition) is 0. The van der Waals surface area contributed by atoms with E-state index in [1.807, 2.05) is 39.8 Å². The number of nitrogens with zero attached hydrogens (tertiary/aromatic N) is 4. The molecule has 0 bridgehead atoms. The summed E-state index contributed by atoms with van der Waals surface area (Å²) < 4.78 is 85.2. The number of ether oxygens (including phenoxy) is 1. The Hall–Kier alpha value is -3.49. The summed E-state index contributed by atoms with van der Waals surface area (Å²) in [7, 11) is 3.85. The Labute approximate surface area is 316 Å².